The van der Waals surface area contributed by atoms with E-state index in [0.717, 1.165) is 10.5 Å². The maximum atomic E-state index is 12.3. The summed E-state index contributed by atoms with van der Waals surface area (Å²) >= 11 is 1.52. The van der Waals surface area contributed by atoms with Gasteiger partial charge in [-0.25, -0.2) is 0 Å². The maximum Gasteiger partial charge on any atom is 0.262 e. The Labute approximate surface area is 128 Å². The summed E-state index contributed by atoms with van der Waals surface area (Å²) in [5, 5.41) is 0. The molecule has 0 fully saturated rings. The van der Waals surface area contributed by atoms with Gasteiger partial charge in [0.2, 0.25) is 0 Å². The molecule has 0 spiro atoms. The van der Waals surface area contributed by atoms with E-state index in [0.29, 0.717) is 17.0 Å². The molecular formula is C17H15NO2S. The predicted molar refractivity (Wildman–Crippen MR) is 83.6 cm³/mol. The first-order chi connectivity index (χ1) is 10.1. The zero-order valence-electron chi connectivity index (χ0n) is 11.9. The van der Waals surface area contributed by atoms with Crippen LogP contribution in [-0.2, 0) is 0 Å². The number of thioether (sulfide) groups is 1. The van der Waals surface area contributed by atoms with Crippen LogP contribution in [0.15, 0.2) is 47.4 Å². The molecule has 2 aromatic rings. The second kappa shape index (κ2) is 5.37. The lowest BCUT2D eigenvalue weighted by molar-refractivity contribution is 0.0684. The molecule has 2 amide bonds. The van der Waals surface area contributed by atoms with Gasteiger partial charge in [0, 0.05) is 4.90 Å². The predicted octanol–water partition coefficient (Wildman–Crippen LogP) is 3.65. The van der Waals surface area contributed by atoms with E-state index in [1.807, 2.05) is 13.8 Å². The highest BCUT2D eigenvalue weighted by Crippen LogP contribution is 2.29. The molecule has 1 aliphatic heterocycles. The minimum absolute atomic E-state index is 0.201. The van der Waals surface area contributed by atoms with Crippen molar-refractivity contribution >= 4 is 23.6 Å². The standard InChI is InChI=1S/C17H15NO2S/c1-11-7-8-12(2)15(9-11)21-10-18-16(19)13-5-3-4-6-14(13)17(18)20/h3-9H,10H2,1-2H3. The van der Waals surface area contributed by atoms with Gasteiger partial charge in [0.25, 0.3) is 11.8 Å². The van der Waals surface area contributed by atoms with Crippen molar-refractivity contribution in [2.24, 2.45) is 0 Å². The van der Waals surface area contributed by atoms with Crippen molar-refractivity contribution in [1.29, 1.82) is 0 Å². The number of hydrogen-bond acceptors (Lipinski definition) is 3. The molecule has 0 unspecified atom stereocenters. The molecule has 0 radical (unpaired) electrons. The highest BCUT2D eigenvalue weighted by Gasteiger charge is 2.34. The first kappa shape index (κ1) is 13.9. The fourth-order valence-electron chi connectivity index (χ4n) is 2.35. The number of fused-ring (bicyclic) bond motifs is 1. The second-order valence-corrected chi connectivity index (χ2v) is 6.11. The molecule has 1 aliphatic rings. The van der Waals surface area contributed by atoms with Crippen molar-refractivity contribution in [3.8, 4) is 0 Å². The SMILES string of the molecule is Cc1ccc(C)c(SCN2C(=O)c3ccccc3C2=O)c1. The van der Waals surface area contributed by atoms with E-state index in [1.165, 1.54) is 22.2 Å². The first-order valence-electron chi connectivity index (χ1n) is 6.73. The number of rotatable bonds is 3. The minimum atomic E-state index is -0.201. The van der Waals surface area contributed by atoms with Gasteiger partial charge in [-0.05, 0) is 43.2 Å². The number of amides is 2. The molecule has 4 heteroatoms. The molecule has 0 aromatic heterocycles. The van der Waals surface area contributed by atoms with E-state index < -0.39 is 0 Å². The molecule has 21 heavy (non-hydrogen) atoms. The van der Waals surface area contributed by atoms with Crippen LogP contribution in [0.5, 0.6) is 0 Å². The zero-order chi connectivity index (χ0) is 15.0. The molecule has 3 rings (SSSR count). The quantitative estimate of drug-likeness (QED) is 0.641. The van der Waals surface area contributed by atoms with Crippen LogP contribution in [-0.4, -0.2) is 22.6 Å². The van der Waals surface area contributed by atoms with Gasteiger partial charge in [0.1, 0.15) is 0 Å². The maximum absolute atomic E-state index is 12.3. The van der Waals surface area contributed by atoms with E-state index >= 15 is 0 Å². The summed E-state index contributed by atoms with van der Waals surface area (Å²) in [6.07, 6.45) is 0. The number of nitrogens with zero attached hydrogens (tertiary/aromatic N) is 1. The third-order valence-corrected chi connectivity index (χ3v) is 4.71. The van der Waals surface area contributed by atoms with Crippen LogP contribution in [0.4, 0.5) is 0 Å². The Morgan fingerprint density at radius 1 is 0.952 bits per heavy atom. The molecule has 1 heterocycles. The number of aryl methyl sites for hydroxylation is 2. The smallest absolute Gasteiger partial charge is 0.262 e. The molecule has 3 nitrogen and oxygen atoms in total. The zero-order valence-corrected chi connectivity index (χ0v) is 12.7. The van der Waals surface area contributed by atoms with Gasteiger partial charge < -0.3 is 0 Å². The summed E-state index contributed by atoms with van der Waals surface area (Å²) in [7, 11) is 0. The Balaban J connectivity index is 1.80. The Hall–Kier alpha value is -2.07. The normalized spacial score (nSPS) is 13.7. The molecule has 2 aromatic carbocycles. The summed E-state index contributed by atoms with van der Waals surface area (Å²) in [6.45, 7) is 4.07. The molecule has 0 saturated heterocycles. The average Bonchev–Trinajstić information content (AvgIpc) is 2.73. The molecular weight excluding hydrogens is 282 g/mol. The van der Waals surface area contributed by atoms with Gasteiger partial charge in [0.15, 0.2) is 0 Å². The highest BCUT2D eigenvalue weighted by molar-refractivity contribution is 7.99. The van der Waals surface area contributed by atoms with Crippen LogP contribution in [0, 0.1) is 13.8 Å². The fraction of sp³-hybridized carbons (Fsp3) is 0.176. The highest BCUT2D eigenvalue weighted by atomic mass is 32.2. The second-order valence-electron chi connectivity index (χ2n) is 5.13. The van der Waals surface area contributed by atoms with Crippen molar-refractivity contribution < 1.29 is 9.59 Å². The summed E-state index contributed by atoms with van der Waals surface area (Å²) in [5.74, 6) is -0.0572. The lowest BCUT2D eigenvalue weighted by atomic mass is 10.1. The van der Waals surface area contributed by atoms with E-state index in [1.54, 1.807) is 24.3 Å². The van der Waals surface area contributed by atoms with Crippen molar-refractivity contribution in [2.45, 2.75) is 18.7 Å². The number of carbonyl (C=O) groups is 2. The Bertz CT molecular complexity index is 704. The topological polar surface area (TPSA) is 37.4 Å². The van der Waals surface area contributed by atoms with Crippen LogP contribution in [0.2, 0.25) is 0 Å². The lowest BCUT2D eigenvalue weighted by Gasteiger charge is -2.14. The lowest BCUT2D eigenvalue weighted by Crippen LogP contribution is -2.29. The Morgan fingerprint density at radius 3 is 2.19 bits per heavy atom. The van der Waals surface area contributed by atoms with Crippen LogP contribution < -0.4 is 0 Å². The third-order valence-electron chi connectivity index (χ3n) is 3.57. The van der Waals surface area contributed by atoms with Gasteiger partial charge in [-0.15, -0.1) is 11.8 Å². The van der Waals surface area contributed by atoms with Gasteiger partial charge >= 0.3 is 0 Å². The Morgan fingerprint density at radius 2 is 1.57 bits per heavy atom. The third kappa shape index (κ3) is 2.47. The summed E-state index contributed by atoms with van der Waals surface area (Å²) in [4.78, 5) is 27.0. The van der Waals surface area contributed by atoms with Crippen LogP contribution >= 0.6 is 11.8 Å². The number of carbonyl (C=O) groups excluding carboxylic acids is 2. The van der Waals surface area contributed by atoms with Crippen molar-refractivity contribution in [2.75, 3.05) is 5.88 Å². The van der Waals surface area contributed by atoms with Gasteiger partial charge in [-0.1, -0.05) is 24.3 Å². The number of benzene rings is 2. The summed E-state index contributed by atoms with van der Waals surface area (Å²) < 4.78 is 0. The van der Waals surface area contributed by atoms with E-state index in [2.05, 4.69) is 18.2 Å². The fourth-order valence-corrected chi connectivity index (χ4v) is 3.42. The summed E-state index contributed by atoms with van der Waals surface area (Å²) in [5.41, 5.74) is 3.33. The van der Waals surface area contributed by atoms with Crippen LogP contribution in [0.3, 0.4) is 0 Å². The molecule has 0 N–H and O–H groups in total. The van der Waals surface area contributed by atoms with Crippen LogP contribution in [0.1, 0.15) is 31.8 Å². The minimum Gasteiger partial charge on any atom is -0.269 e. The molecule has 0 saturated carbocycles. The molecule has 0 aliphatic carbocycles. The molecule has 0 bridgehead atoms. The average molecular weight is 297 g/mol. The number of imide groups is 1. The Kier molecular flexibility index (Phi) is 3.55. The van der Waals surface area contributed by atoms with Gasteiger partial charge in [-0.2, -0.15) is 0 Å². The van der Waals surface area contributed by atoms with Crippen LogP contribution in [0.25, 0.3) is 0 Å². The van der Waals surface area contributed by atoms with E-state index in [4.69, 9.17) is 0 Å². The molecule has 106 valence electrons. The monoisotopic (exact) mass is 297 g/mol. The van der Waals surface area contributed by atoms with Gasteiger partial charge in [0.05, 0.1) is 17.0 Å². The van der Waals surface area contributed by atoms with Crippen molar-refractivity contribution in [3.63, 3.8) is 0 Å². The van der Waals surface area contributed by atoms with Crippen molar-refractivity contribution in [1.82, 2.24) is 4.90 Å². The first-order valence-corrected chi connectivity index (χ1v) is 7.72. The van der Waals surface area contributed by atoms with Crippen molar-refractivity contribution in [3.05, 3.63) is 64.7 Å². The van der Waals surface area contributed by atoms with Gasteiger partial charge in [-0.3, -0.25) is 14.5 Å². The molecule has 0 atom stereocenters. The summed E-state index contributed by atoms with van der Waals surface area (Å²) in [6, 6.07) is 13.2. The largest absolute Gasteiger partial charge is 0.269 e. The van der Waals surface area contributed by atoms with E-state index in [-0.39, 0.29) is 11.8 Å². The number of hydrogen-bond donors (Lipinski definition) is 0. The van der Waals surface area contributed by atoms with E-state index in [9.17, 15) is 9.59 Å².